The van der Waals surface area contributed by atoms with Gasteiger partial charge in [0.05, 0.1) is 5.69 Å². The van der Waals surface area contributed by atoms with Gasteiger partial charge in [0.25, 0.3) is 0 Å². The third-order valence-electron chi connectivity index (χ3n) is 3.64. The fourth-order valence-corrected chi connectivity index (χ4v) is 3.92. The van der Waals surface area contributed by atoms with Crippen molar-refractivity contribution < 1.29 is 0 Å². The standard InChI is InChI=1S/C15H16IN/c1-17-13-10-6-5-9-12(13)14(16)15(17)11-7-3-2-4-8-11/h5-7,9-10H,2-4,8H2,1H3. The van der Waals surface area contributed by atoms with Crippen LogP contribution in [0.25, 0.3) is 16.5 Å². The van der Waals surface area contributed by atoms with Gasteiger partial charge in [-0.1, -0.05) is 24.3 Å². The smallest absolute Gasteiger partial charge is 0.0580 e. The molecule has 2 heteroatoms. The highest BCUT2D eigenvalue weighted by molar-refractivity contribution is 14.1. The van der Waals surface area contributed by atoms with Gasteiger partial charge in [0.15, 0.2) is 0 Å². The lowest BCUT2D eigenvalue weighted by Gasteiger charge is -2.14. The Balaban J connectivity index is 2.25. The van der Waals surface area contributed by atoms with Crippen LogP contribution in [0.3, 0.4) is 0 Å². The van der Waals surface area contributed by atoms with Crippen molar-refractivity contribution in [3.63, 3.8) is 0 Å². The van der Waals surface area contributed by atoms with Crippen molar-refractivity contribution in [2.45, 2.75) is 25.7 Å². The number of fused-ring (bicyclic) bond motifs is 1. The summed E-state index contributed by atoms with van der Waals surface area (Å²) in [5.41, 5.74) is 4.32. The molecule has 0 spiro atoms. The van der Waals surface area contributed by atoms with E-state index in [4.69, 9.17) is 0 Å². The average molecular weight is 337 g/mol. The lowest BCUT2D eigenvalue weighted by atomic mass is 9.97. The number of aromatic nitrogens is 1. The van der Waals surface area contributed by atoms with Gasteiger partial charge in [-0.3, -0.25) is 0 Å². The highest BCUT2D eigenvalue weighted by atomic mass is 127. The summed E-state index contributed by atoms with van der Waals surface area (Å²) in [5, 5.41) is 1.39. The van der Waals surface area contributed by atoms with Crippen molar-refractivity contribution in [3.8, 4) is 0 Å². The zero-order valence-electron chi connectivity index (χ0n) is 10.0. The normalized spacial score (nSPS) is 16.2. The Bertz CT molecular complexity index is 553. The maximum atomic E-state index is 2.50. The number of para-hydroxylation sites is 1. The molecule has 3 rings (SSSR count). The lowest BCUT2D eigenvalue weighted by molar-refractivity contribution is 0.735. The van der Waals surface area contributed by atoms with Crippen LogP contribution in [0, 0.1) is 3.57 Å². The molecule has 0 atom stereocenters. The Morgan fingerprint density at radius 2 is 2.00 bits per heavy atom. The first-order valence-electron chi connectivity index (χ1n) is 6.21. The Hall–Kier alpha value is -0.770. The summed E-state index contributed by atoms with van der Waals surface area (Å²) >= 11 is 2.50. The predicted octanol–water partition coefficient (Wildman–Crippen LogP) is 4.74. The van der Waals surface area contributed by atoms with Crippen molar-refractivity contribution >= 4 is 39.1 Å². The molecule has 1 aromatic carbocycles. The van der Waals surface area contributed by atoms with Gasteiger partial charge in [0, 0.05) is 21.5 Å². The van der Waals surface area contributed by atoms with Crippen molar-refractivity contribution in [1.29, 1.82) is 0 Å². The summed E-state index contributed by atoms with van der Waals surface area (Å²) in [5.74, 6) is 0. The maximum Gasteiger partial charge on any atom is 0.0580 e. The topological polar surface area (TPSA) is 4.93 Å². The second kappa shape index (κ2) is 4.48. The Morgan fingerprint density at radius 1 is 1.18 bits per heavy atom. The molecule has 0 amide bonds. The van der Waals surface area contributed by atoms with Crippen LogP contribution in [0.1, 0.15) is 31.4 Å². The molecule has 2 aromatic rings. The number of allylic oxidation sites excluding steroid dienone is 2. The number of hydrogen-bond acceptors (Lipinski definition) is 0. The molecule has 88 valence electrons. The van der Waals surface area contributed by atoms with Crippen LogP contribution in [0.4, 0.5) is 0 Å². The second-order valence-electron chi connectivity index (χ2n) is 4.71. The van der Waals surface area contributed by atoms with Gasteiger partial charge in [-0.25, -0.2) is 0 Å². The molecule has 1 aromatic heterocycles. The van der Waals surface area contributed by atoms with Crippen molar-refractivity contribution in [2.24, 2.45) is 7.05 Å². The Morgan fingerprint density at radius 3 is 2.71 bits per heavy atom. The summed E-state index contributed by atoms with van der Waals surface area (Å²) in [6.45, 7) is 0. The highest BCUT2D eigenvalue weighted by Crippen LogP contribution is 2.35. The first-order valence-corrected chi connectivity index (χ1v) is 7.29. The molecule has 1 heterocycles. The number of nitrogens with zero attached hydrogens (tertiary/aromatic N) is 1. The molecule has 17 heavy (non-hydrogen) atoms. The van der Waals surface area contributed by atoms with Crippen LogP contribution in [-0.4, -0.2) is 4.57 Å². The van der Waals surface area contributed by atoms with Crippen molar-refractivity contribution in [2.75, 3.05) is 0 Å². The van der Waals surface area contributed by atoms with Crippen LogP contribution in [0.15, 0.2) is 30.3 Å². The van der Waals surface area contributed by atoms with Crippen LogP contribution < -0.4 is 0 Å². The van der Waals surface area contributed by atoms with Gasteiger partial charge in [-0.2, -0.15) is 0 Å². The molecule has 1 nitrogen and oxygen atoms in total. The van der Waals surface area contributed by atoms with Crippen LogP contribution in [0.2, 0.25) is 0 Å². The van der Waals surface area contributed by atoms with E-state index in [9.17, 15) is 0 Å². The third-order valence-corrected chi connectivity index (χ3v) is 4.73. The molecule has 0 saturated heterocycles. The van der Waals surface area contributed by atoms with E-state index in [1.165, 1.54) is 45.9 Å². The maximum absolute atomic E-state index is 2.50. The summed E-state index contributed by atoms with van der Waals surface area (Å²) in [6.07, 6.45) is 7.60. The molecular formula is C15H16IN. The minimum atomic E-state index is 1.24. The third kappa shape index (κ3) is 1.82. The largest absolute Gasteiger partial charge is 0.343 e. The van der Waals surface area contributed by atoms with Gasteiger partial charge < -0.3 is 4.57 Å². The van der Waals surface area contributed by atoms with Gasteiger partial charge in [0.1, 0.15) is 0 Å². The van der Waals surface area contributed by atoms with Crippen molar-refractivity contribution in [1.82, 2.24) is 4.57 Å². The molecule has 0 N–H and O–H groups in total. The van der Waals surface area contributed by atoms with Gasteiger partial charge in [0.2, 0.25) is 0 Å². The van der Waals surface area contributed by atoms with E-state index < -0.39 is 0 Å². The van der Waals surface area contributed by atoms with Gasteiger partial charge in [-0.05, 0) is 59.9 Å². The fourth-order valence-electron chi connectivity index (χ4n) is 2.76. The number of rotatable bonds is 1. The SMILES string of the molecule is Cn1c(C2=CCCCC2)c(I)c2ccccc21. The minimum absolute atomic E-state index is 1.24. The molecule has 1 aliphatic carbocycles. The van der Waals surface area contributed by atoms with Crippen LogP contribution in [-0.2, 0) is 7.05 Å². The van der Waals surface area contributed by atoms with E-state index in [0.29, 0.717) is 0 Å². The number of halogens is 1. The van der Waals surface area contributed by atoms with Crippen LogP contribution >= 0.6 is 22.6 Å². The summed E-state index contributed by atoms with van der Waals surface area (Å²) in [7, 11) is 2.19. The molecule has 0 fully saturated rings. The van der Waals surface area contributed by atoms with Crippen molar-refractivity contribution in [3.05, 3.63) is 39.6 Å². The first kappa shape index (κ1) is 11.3. The summed E-state index contributed by atoms with van der Waals surface area (Å²) in [6, 6.07) is 8.69. The molecular weight excluding hydrogens is 321 g/mol. The van der Waals surface area contributed by atoms with E-state index in [1.54, 1.807) is 5.57 Å². The lowest BCUT2D eigenvalue weighted by Crippen LogP contribution is -2.00. The van der Waals surface area contributed by atoms with E-state index >= 15 is 0 Å². The highest BCUT2D eigenvalue weighted by Gasteiger charge is 2.17. The monoisotopic (exact) mass is 337 g/mol. The van der Waals surface area contributed by atoms with Gasteiger partial charge in [-0.15, -0.1) is 0 Å². The number of benzene rings is 1. The molecule has 0 aliphatic heterocycles. The zero-order valence-corrected chi connectivity index (χ0v) is 12.2. The van der Waals surface area contributed by atoms with Gasteiger partial charge >= 0.3 is 0 Å². The number of hydrogen-bond donors (Lipinski definition) is 0. The fraction of sp³-hybridized carbons (Fsp3) is 0.333. The van der Waals surface area contributed by atoms with E-state index in [-0.39, 0.29) is 0 Å². The Kier molecular flexibility index (Phi) is 2.99. The van der Waals surface area contributed by atoms with E-state index in [0.717, 1.165) is 0 Å². The molecule has 0 bridgehead atoms. The summed E-state index contributed by atoms with van der Waals surface area (Å²) < 4.78 is 3.77. The average Bonchev–Trinajstić information content (AvgIpc) is 2.64. The minimum Gasteiger partial charge on any atom is -0.343 e. The number of aryl methyl sites for hydroxylation is 1. The Labute approximate surface area is 116 Å². The quantitative estimate of drug-likeness (QED) is 0.663. The van der Waals surface area contributed by atoms with E-state index in [2.05, 4.69) is 64.5 Å². The molecule has 0 unspecified atom stereocenters. The molecule has 1 aliphatic rings. The predicted molar refractivity (Wildman–Crippen MR) is 82.1 cm³/mol. The molecule has 0 saturated carbocycles. The van der Waals surface area contributed by atoms with E-state index in [1.807, 2.05) is 0 Å². The zero-order chi connectivity index (χ0) is 11.8. The molecule has 0 radical (unpaired) electrons. The first-order chi connectivity index (χ1) is 8.29. The summed E-state index contributed by atoms with van der Waals surface area (Å²) in [4.78, 5) is 0. The second-order valence-corrected chi connectivity index (χ2v) is 5.79. The van der Waals surface area contributed by atoms with Crippen LogP contribution in [0.5, 0.6) is 0 Å².